The Labute approximate surface area is 207 Å². The van der Waals surface area contributed by atoms with Crippen LogP contribution in [0.1, 0.15) is 37.7 Å². The predicted octanol–water partition coefficient (Wildman–Crippen LogP) is 5.35. The van der Waals surface area contributed by atoms with Crippen molar-refractivity contribution in [1.29, 1.82) is 5.26 Å². The van der Waals surface area contributed by atoms with Gasteiger partial charge >= 0.3 is 6.09 Å². The average Bonchev–Trinajstić information content (AvgIpc) is 3.37. The van der Waals surface area contributed by atoms with E-state index in [0.29, 0.717) is 42.7 Å². The molecule has 7 nitrogen and oxygen atoms in total. The maximum Gasteiger partial charge on any atom is 0.405 e. The van der Waals surface area contributed by atoms with Crippen molar-refractivity contribution in [2.24, 2.45) is 0 Å². The quantitative estimate of drug-likeness (QED) is 0.521. The molecule has 2 fully saturated rings. The molecule has 182 valence electrons. The number of benzene rings is 2. The molecule has 0 heterocycles. The fraction of sp³-hybridized carbons (Fsp3) is 0.391. The second kappa shape index (κ2) is 10.9. The maximum atomic E-state index is 13.8. The summed E-state index contributed by atoms with van der Waals surface area (Å²) in [5.74, 6) is -0.425. The third-order valence-corrected chi connectivity index (χ3v) is 8.67. The minimum Gasteiger partial charge on any atom is -0.465 e. The smallest absolute Gasteiger partial charge is 0.405 e. The molecule has 2 aromatic rings. The molecule has 2 aliphatic carbocycles. The number of rotatable bonds is 6. The van der Waals surface area contributed by atoms with E-state index in [1.54, 1.807) is 30.3 Å². The van der Waals surface area contributed by atoms with E-state index in [1.807, 2.05) is 6.07 Å². The van der Waals surface area contributed by atoms with Crippen molar-refractivity contribution >= 4 is 39.1 Å². The van der Waals surface area contributed by atoms with Crippen molar-refractivity contribution in [3.63, 3.8) is 0 Å². The number of sulfone groups is 1. The molecular weight excluding hydrogens is 506 g/mol. The molecule has 2 aromatic carbocycles. The lowest BCUT2D eigenvalue weighted by Crippen LogP contribution is -2.33. The van der Waals surface area contributed by atoms with E-state index in [9.17, 15) is 17.6 Å². The number of nitrogens with one attached hydrogen (secondary N) is 1. The number of hydrogen-bond acceptors (Lipinski definition) is 5. The SMILES string of the molecule is N#CC1(NC(=O)O)CC1.O=S(=O)(c1ccccc1Cl)[C@H]1CC[C@H](OCc2ccc(Cl)cc2F)C1. The zero-order chi connectivity index (χ0) is 24.9. The van der Waals surface area contributed by atoms with Gasteiger partial charge in [0.25, 0.3) is 0 Å². The van der Waals surface area contributed by atoms with Gasteiger partial charge in [0.1, 0.15) is 11.4 Å². The van der Waals surface area contributed by atoms with Crippen LogP contribution in [0, 0.1) is 17.1 Å². The van der Waals surface area contributed by atoms with Crippen molar-refractivity contribution in [3.8, 4) is 6.07 Å². The van der Waals surface area contributed by atoms with E-state index < -0.39 is 32.5 Å². The third-order valence-electron chi connectivity index (χ3n) is 5.72. The molecule has 2 N–H and O–H groups in total. The first-order valence-corrected chi connectivity index (χ1v) is 12.8. The Morgan fingerprint density at radius 1 is 1.24 bits per heavy atom. The first-order valence-electron chi connectivity index (χ1n) is 10.5. The monoisotopic (exact) mass is 528 g/mol. The van der Waals surface area contributed by atoms with Gasteiger partial charge in [-0.2, -0.15) is 5.26 Å². The third kappa shape index (κ3) is 6.60. The summed E-state index contributed by atoms with van der Waals surface area (Å²) in [5, 5.41) is 18.6. The van der Waals surface area contributed by atoms with Gasteiger partial charge in [0.05, 0.1) is 33.9 Å². The van der Waals surface area contributed by atoms with Crippen LogP contribution in [0.4, 0.5) is 9.18 Å². The minimum atomic E-state index is -3.50. The number of nitriles is 1. The van der Waals surface area contributed by atoms with Crippen LogP contribution in [-0.4, -0.2) is 36.5 Å². The van der Waals surface area contributed by atoms with Gasteiger partial charge in [-0.05, 0) is 56.4 Å². The normalized spacial score (nSPS) is 20.5. The Bertz CT molecular complexity index is 1200. The van der Waals surface area contributed by atoms with Crippen molar-refractivity contribution in [2.75, 3.05) is 0 Å². The van der Waals surface area contributed by atoms with Gasteiger partial charge in [0.2, 0.25) is 0 Å². The second-order valence-corrected chi connectivity index (χ2v) is 11.2. The molecule has 4 rings (SSSR count). The summed E-state index contributed by atoms with van der Waals surface area (Å²) >= 11 is 11.8. The van der Waals surface area contributed by atoms with Gasteiger partial charge in [0, 0.05) is 10.6 Å². The summed E-state index contributed by atoms with van der Waals surface area (Å²) in [6.07, 6.45) is 1.45. The standard InChI is InChI=1S/C18H17Cl2FO3S.C5H6N2O2/c19-13-6-5-12(17(21)9-13)11-24-14-7-8-15(10-14)25(22,23)18-4-2-1-3-16(18)20;6-3-5(1-2-5)7-4(8)9/h1-6,9,14-15H,7-8,10-11H2;7H,1-2H2,(H,8,9)/t14-,15-;/m0./s1. The molecule has 34 heavy (non-hydrogen) atoms. The Hall–Kier alpha value is -2.38. The minimum absolute atomic E-state index is 0.0898. The summed E-state index contributed by atoms with van der Waals surface area (Å²) < 4.78 is 45.0. The van der Waals surface area contributed by atoms with Crippen LogP contribution in [0.5, 0.6) is 0 Å². The number of ether oxygens (including phenoxy) is 1. The molecule has 0 spiro atoms. The molecular formula is C23H23Cl2FN2O5S. The van der Waals surface area contributed by atoms with Crippen LogP contribution in [0.25, 0.3) is 0 Å². The molecule has 2 saturated carbocycles. The lowest BCUT2D eigenvalue weighted by Gasteiger charge is -2.15. The largest absolute Gasteiger partial charge is 0.465 e. The van der Waals surface area contributed by atoms with E-state index in [4.69, 9.17) is 38.3 Å². The molecule has 1 amide bonds. The van der Waals surface area contributed by atoms with Crippen LogP contribution in [0.15, 0.2) is 47.4 Å². The van der Waals surface area contributed by atoms with E-state index in [0.717, 1.165) is 0 Å². The van der Waals surface area contributed by atoms with E-state index in [-0.39, 0.29) is 22.6 Å². The first kappa shape index (κ1) is 26.2. The highest BCUT2D eigenvalue weighted by Crippen LogP contribution is 2.35. The van der Waals surface area contributed by atoms with Gasteiger partial charge in [-0.3, -0.25) is 0 Å². The zero-order valence-corrected chi connectivity index (χ0v) is 20.3. The van der Waals surface area contributed by atoms with Crippen LogP contribution in [0.2, 0.25) is 10.0 Å². The molecule has 0 aliphatic heterocycles. The fourth-order valence-corrected chi connectivity index (χ4v) is 6.13. The van der Waals surface area contributed by atoms with Crippen LogP contribution in [0.3, 0.4) is 0 Å². The Kier molecular flexibility index (Phi) is 8.42. The van der Waals surface area contributed by atoms with Crippen LogP contribution in [-0.2, 0) is 21.2 Å². The number of carboxylic acid groups (broad SMARTS) is 1. The summed E-state index contributed by atoms with van der Waals surface area (Å²) in [7, 11) is -3.50. The van der Waals surface area contributed by atoms with Crippen molar-refractivity contribution in [1.82, 2.24) is 5.32 Å². The molecule has 2 aliphatic rings. The lowest BCUT2D eigenvalue weighted by molar-refractivity contribution is 0.0442. The Morgan fingerprint density at radius 2 is 1.94 bits per heavy atom. The number of hydrogen-bond donors (Lipinski definition) is 2. The number of amides is 1. The van der Waals surface area contributed by atoms with Gasteiger partial charge < -0.3 is 15.2 Å². The molecule has 0 unspecified atom stereocenters. The molecule has 0 aromatic heterocycles. The van der Waals surface area contributed by atoms with Crippen LogP contribution >= 0.6 is 23.2 Å². The summed E-state index contributed by atoms with van der Waals surface area (Å²) in [5.41, 5.74) is -0.326. The first-order chi connectivity index (χ1) is 16.1. The van der Waals surface area contributed by atoms with Gasteiger partial charge in [0.15, 0.2) is 9.84 Å². The molecule has 0 saturated heterocycles. The van der Waals surface area contributed by atoms with E-state index in [1.165, 1.54) is 12.1 Å². The highest BCUT2D eigenvalue weighted by molar-refractivity contribution is 7.92. The fourth-order valence-electron chi connectivity index (χ4n) is 3.63. The number of nitrogens with zero attached hydrogens (tertiary/aromatic N) is 1. The van der Waals surface area contributed by atoms with Gasteiger partial charge in [-0.25, -0.2) is 17.6 Å². The van der Waals surface area contributed by atoms with Gasteiger partial charge in [-0.15, -0.1) is 0 Å². The second-order valence-electron chi connectivity index (χ2n) is 8.20. The number of halogens is 3. The molecule has 0 bridgehead atoms. The van der Waals surface area contributed by atoms with E-state index in [2.05, 4.69) is 5.32 Å². The Balaban J connectivity index is 0.000000302. The molecule has 0 radical (unpaired) electrons. The van der Waals surface area contributed by atoms with E-state index >= 15 is 0 Å². The highest BCUT2D eigenvalue weighted by atomic mass is 35.5. The Morgan fingerprint density at radius 3 is 2.50 bits per heavy atom. The van der Waals surface area contributed by atoms with Crippen molar-refractivity contribution in [2.45, 2.75) is 60.5 Å². The lowest BCUT2D eigenvalue weighted by atomic mass is 10.2. The van der Waals surface area contributed by atoms with Crippen LogP contribution < -0.4 is 5.32 Å². The zero-order valence-electron chi connectivity index (χ0n) is 18.0. The molecule has 2 atom stereocenters. The summed E-state index contributed by atoms with van der Waals surface area (Å²) in [6, 6.07) is 12.7. The average molecular weight is 529 g/mol. The van der Waals surface area contributed by atoms with Crippen molar-refractivity contribution in [3.05, 3.63) is 63.9 Å². The maximum absolute atomic E-state index is 13.8. The van der Waals surface area contributed by atoms with Crippen molar-refractivity contribution < 1.29 is 27.4 Å². The summed E-state index contributed by atoms with van der Waals surface area (Å²) in [6.45, 7) is 0.0898. The highest BCUT2D eigenvalue weighted by Gasteiger charge is 2.44. The summed E-state index contributed by atoms with van der Waals surface area (Å²) in [4.78, 5) is 10.1. The molecule has 11 heteroatoms. The number of carbonyl (C=O) groups is 1. The van der Waals surface area contributed by atoms with Gasteiger partial charge in [-0.1, -0.05) is 41.4 Å². The predicted molar refractivity (Wildman–Crippen MR) is 125 cm³/mol. The topological polar surface area (TPSA) is 116 Å².